The van der Waals surface area contributed by atoms with E-state index in [0.29, 0.717) is 0 Å². The molecule has 1 aromatic rings. The fourth-order valence-corrected chi connectivity index (χ4v) is 2.32. The van der Waals surface area contributed by atoms with E-state index in [4.69, 9.17) is 5.73 Å². The number of hydrogen-bond acceptors (Lipinski definition) is 3. The number of nitrogens with one attached hydrogen (secondary N) is 1. The standard InChI is InChI=1S/C8H9BrF2N2O2S/c9-5-3-6(10)8(7(11)4-5)13-16(14,15)2-1-12/h3-4,13H,1-2,12H2. The van der Waals surface area contributed by atoms with Crippen molar-refractivity contribution < 1.29 is 17.2 Å². The lowest BCUT2D eigenvalue weighted by molar-refractivity contribution is 0.582. The van der Waals surface area contributed by atoms with Gasteiger partial charge in [-0.3, -0.25) is 4.72 Å². The van der Waals surface area contributed by atoms with Gasteiger partial charge in [0.05, 0.1) is 5.75 Å². The summed E-state index contributed by atoms with van der Waals surface area (Å²) in [6.07, 6.45) is 0. The summed E-state index contributed by atoms with van der Waals surface area (Å²) in [5.74, 6) is -2.39. The van der Waals surface area contributed by atoms with Crippen molar-refractivity contribution in [1.29, 1.82) is 0 Å². The predicted molar refractivity (Wildman–Crippen MR) is 60.5 cm³/mol. The van der Waals surface area contributed by atoms with Crippen LogP contribution in [0.2, 0.25) is 0 Å². The smallest absolute Gasteiger partial charge is 0.234 e. The molecule has 0 aromatic heterocycles. The van der Waals surface area contributed by atoms with Gasteiger partial charge in [0.2, 0.25) is 10.0 Å². The lowest BCUT2D eigenvalue weighted by Gasteiger charge is -2.09. The van der Waals surface area contributed by atoms with Gasteiger partial charge < -0.3 is 5.73 Å². The van der Waals surface area contributed by atoms with Gasteiger partial charge in [-0.1, -0.05) is 15.9 Å². The maximum Gasteiger partial charge on any atom is 0.234 e. The molecule has 0 radical (unpaired) electrons. The van der Waals surface area contributed by atoms with Crippen molar-refractivity contribution in [3.8, 4) is 0 Å². The van der Waals surface area contributed by atoms with Crippen LogP contribution in [0.15, 0.2) is 16.6 Å². The summed E-state index contributed by atoms with van der Waals surface area (Å²) in [7, 11) is -3.81. The molecule has 0 saturated carbocycles. The summed E-state index contributed by atoms with van der Waals surface area (Å²) in [5, 5.41) is 0. The Kier molecular flexibility index (Phi) is 4.22. The van der Waals surface area contributed by atoms with Crippen LogP contribution in [0, 0.1) is 11.6 Å². The molecule has 0 fully saturated rings. The Hall–Kier alpha value is -0.730. The fourth-order valence-electron chi connectivity index (χ4n) is 1.00. The van der Waals surface area contributed by atoms with Gasteiger partial charge in [-0.2, -0.15) is 0 Å². The topological polar surface area (TPSA) is 72.2 Å². The van der Waals surface area contributed by atoms with Crippen molar-refractivity contribution in [2.24, 2.45) is 5.73 Å². The Labute approximate surface area is 100 Å². The van der Waals surface area contributed by atoms with Crippen molar-refractivity contribution >= 4 is 31.6 Å². The third-order valence-electron chi connectivity index (χ3n) is 1.65. The largest absolute Gasteiger partial charge is 0.329 e. The third-order valence-corrected chi connectivity index (χ3v) is 3.40. The van der Waals surface area contributed by atoms with Crippen LogP contribution in [0.25, 0.3) is 0 Å². The molecule has 3 N–H and O–H groups in total. The highest BCUT2D eigenvalue weighted by atomic mass is 79.9. The van der Waals surface area contributed by atoms with Crippen molar-refractivity contribution in [3.63, 3.8) is 0 Å². The molecule has 0 heterocycles. The Bertz CT molecular complexity index is 470. The lowest BCUT2D eigenvalue weighted by Crippen LogP contribution is -2.23. The highest BCUT2D eigenvalue weighted by molar-refractivity contribution is 9.10. The quantitative estimate of drug-likeness (QED) is 0.883. The summed E-state index contributed by atoms with van der Waals surface area (Å²) in [6.45, 7) is -0.130. The van der Waals surface area contributed by atoms with Gasteiger partial charge in [0, 0.05) is 11.0 Å². The van der Waals surface area contributed by atoms with Gasteiger partial charge in [0.15, 0.2) is 11.6 Å². The number of anilines is 1. The van der Waals surface area contributed by atoms with Crippen molar-refractivity contribution in [3.05, 3.63) is 28.2 Å². The SMILES string of the molecule is NCCS(=O)(=O)Nc1c(F)cc(Br)cc1F. The number of sulfonamides is 1. The van der Waals surface area contributed by atoms with E-state index in [-0.39, 0.29) is 11.0 Å². The second-order valence-corrected chi connectivity index (χ2v) is 5.71. The average Bonchev–Trinajstić information content (AvgIpc) is 2.11. The van der Waals surface area contributed by atoms with E-state index in [9.17, 15) is 17.2 Å². The molecule has 4 nitrogen and oxygen atoms in total. The number of rotatable bonds is 4. The van der Waals surface area contributed by atoms with Gasteiger partial charge in [-0.25, -0.2) is 17.2 Å². The number of halogens is 3. The van der Waals surface area contributed by atoms with E-state index in [1.807, 2.05) is 0 Å². The Balaban J connectivity index is 3.07. The summed E-state index contributed by atoms with van der Waals surface area (Å²) < 4.78 is 51.0. The second kappa shape index (κ2) is 5.07. The zero-order valence-corrected chi connectivity index (χ0v) is 10.4. The van der Waals surface area contributed by atoms with E-state index in [0.717, 1.165) is 12.1 Å². The molecule has 16 heavy (non-hydrogen) atoms. The van der Waals surface area contributed by atoms with Crippen LogP contribution < -0.4 is 10.5 Å². The number of nitrogens with two attached hydrogens (primary N) is 1. The molecule has 1 rings (SSSR count). The predicted octanol–water partition coefficient (Wildman–Crippen LogP) is 1.43. The van der Waals surface area contributed by atoms with Gasteiger partial charge in [0.1, 0.15) is 5.69 Å². The molecule has 1 aromatic carbocycles. The summed E-state index contributed by atoms with van der Waals surface area (Å²) in [4.78, 5) is 0. The molecule has 0 saturated heterocycles. The molecular weight excluding hydrogens is 306 g/mol. The first-order chi connectivity index (χ1) is 7.35. The minimum Gasteiger partial charge on any atom is -0.329 e. The Morgan fingerprint density at radius 2 is 1.81 bits per heavy atom. The third kappa shape index (κ3) is 3.39. The van der Waals surface area contributed by atoms with Gasteiger partial charge in [-0.15, -0.1) is 0 Å². The molecule has 8 heteroatoms. The Morgan fingerprint density at radius 1 is 1.31 bits per heavy atom. The molecule has 0 bridgehead atoms. The van der Waals surface area contributed by atoms with E-state index >= 15 is 0 Å². The molecular formula is C8H9BrF2N2O2S. The van der Waals surface area contributed by atoms with Crippen molar-refractivity contribution in [1.82, 2.24) is 0 Å². The lowest BCUT2D eigenvalue weighted by atomic mass is 10.3. The highest BCUT2D eigenvalue weighted by Crippen LogP contribution is 2.24. The number of benzene rings is 1. The van der Waals surface area contributed by atoms with Gasteiger partial charge in [-0.05, 0) is 12.1 Å². The average molecular weight is 315 g/mol. The van der Waals surface area contributed by atoms with Crippen LogP contribution in [-0.2, 0) is 10.0 Å². The van der Waals surface area contributed by atoms with Crippen LogP contribution in [0.4, 0.5) is 14.5 Å². The summed E-state index contributed by atoms with van der Waals surface area (Å²) in [6, 6.07) is 1.92. The maximum atomic E-state index is 13.3. The van der Waals surface area contributed by atoms with Crippen LogP contribution >= 0.6 is 15.9 Å². The van der Waals surface area contributed by atoms with Crippen molar-refractivity contribution in [2.45, 2.75) is 0 Å². The first-order valence-electron chi connectivity index (χ1n) is 4.21. The van der Waals surface area contributed by atoms with Crippen LogP contribution in [0.5, 0.6) is 0 Å². The van der Waals surface area contributed by atoms with E-state index in [1.54, 1.807) is 4.72 Å². The van der Waals surface area contributed by atoms with Gasteiger partial charge >= 0.3 is 0 Å². The second-order valence-electron chi connectivity index (χ2n) is 2.95. The molecule has 0 aliphatic carbocycles. The van der Waals surface area contributed by atoms with Crippen molar-refractivity contribution in [2.75, 3.05) is 17.0 Å². The zero-order chi connectivity index (χ0) is 12.3. The molecule has 90 valence electrons. The molecule has 0 aliphatic heterocycles. The van der Waals surface area contributed by atoms with E-state index in [2.05, 4.69) is 15.9 Å². The molecule has 0 spiro atoms. The first-order valence-corrected chi connectivity index (χ1v) is 6.65. The molecule has 0 atom stereocenters. The molecule has 0 aliphatic rings. The minimum atomic E-state index is -3.81. The highest BCUT2D eigenvalue weighted by Gasteiger charge is 2.16. The summed E-state index contributed by atoms with van der Waals surface area (Å²) >= 11 is 2.88. The zero-order valence-electron chi connectivity index (χ0n) is 8.00. The fraction of sp³-hybridized carbons (Fsp3) is 0.250. The Morgan fingerprint density at radius 3 is 2.25 bits per heavy atom. The van der Waals surface area contributed by atoms with E-state index in [1.165, 1.54) is 0 Å². The van der Waals surface area contributed by atoms with Crippen LogP contribution in [0.1, 0.15) is 0 Å². The maximum absolute atomic E-state index is 13.3. The van der Waals surface area contributed by atoms with Crippen LogP contribution in [0.3, 0.4) is 0 Å². The normalized spacial score (nSPS) is 11.5. The monoisotopic (exact) mass is 314 g/mol. The number of hydrogen-bond donors (Lipinski definition) is 2. The molecule has 0 unspecified atom stereocenters. The van der Waals surface area contributed by atoms with Crippen LogP contribution in [-0.4, -0.2) is 20.7 Å². The first kappa shape index (κ1) is 13.3. The minimum absolute atomic E-state index is 0.130. The van der Waals surface area contributed by atoms with E-state index < -0.39 is 33.1 Å². The summed E-state index contributed by atoms with van der Waals surface area (Å²) in [5.41, 5.74) is 4.36. The molecule has 0 amide bonds. The van der Waals surface area contributed by atoms with Gasteiger partial charge in [0.25, 0.3) is 0 Å².